The van der Waals surface area contributed by atoms with E-state index in [1.807, 2.05) is 50.4 Å². The summed E-state index contributed by atoms with van der Waals surface area (Å²) in [6, 6.07) is 9.68. The standard InChI is InChI=1S/C16H22N4OS/c1-11(8-14-9-12(2)19-20-14)17-16(21)18-15-7-5-4-6-13(15)10-22-3/h4-7,9,11H,8,10H2,1-3H3,(H,19,20)(H2,17,18,21)/t11-/m1/s1. The molecular weight excluding hydrogens is 296 g/mol. The van der Waals surface area contributed by atoms with Crippen molar-refractivity contribution in [2.75, 3.05) is 11.6 Å². The Kier molecular flexibility index (Phi) is 5.89. The van der Waals surface area contributed by atoms with Crippen molar-refractivity contribution in [1.82, 2.24) is 15.5 Å². The van der Waals surface area contributed by atoms with Crippen LogP contribution in [0.1, 0.15) is 23.9 Å². The van der Waals surface area contributed by atoms with Gasteiger partial charge in [0.05, 0.1) is 5.69 Å². The number of nitrogens with zero attached hydrogens (tertiary/aromatic N) is 1. The number of hydrogen-bond acceptors (Lipinski definition) is 3. The van der Waals surface area contributed by atoms with Crippen LogP contribution in [0.15, 0.2) is 30.3 Å². The van der Waals surface area contributed by atoms with E-state index in [0.29, 0.717) is 6.42 Å². The quantitative estimate of drug-likeness (QED) is 0.765. The lowest BCUT2D eigenvalue weighted by molar-refractivity contribution is 0.249. The summed E-state index contributed by atoms with van der Waals surface area (Å²) in [5.74, 6) is 0.874. The van der Waals surface area contributed by atoms with Crippen molar-refractivity contribution < 1.29 is 4.79 Å². The first kappa shape index (κ1) is 16.4. The van der Waals surface area contributed by atoms with Gasteiger partial charge in [0.15, 0.2) is 0 Å². The molecule has 0 aliphatic heterocycles. The average molecular weight is 318 g/mol. The molecule has 0 saturated carbocycles. The van der Waals surface area contributed by atoms with Crippen LogP contribution in [0.2, 0.25) is 0 Å². The van der Waals surface area contributed by atoms with Crippen LogP contribution in [-0.4, -0.2) is 28.5 Å². The van der Waals surface area contributed by atoms with Gasteiger partial charge in [0.25, 0.3) is 0 Å². The van der Waals surface area contributed by atoms with E-state index in [1.165, 1.54) is 0 Å². The lowest BCUT2D eigenvalue weighted by Gasteiger charge is -2.15. The van der Waals surface area contributed by atoms with Gasteiger partial charge in [-0.1, -0.05) is 18.2 Å². The SMILES string of the molecule is CSCc1ccccc1NC(=O)N[C@H](C)Cc1cc(C)[nH]n1. The largest absolute Gasteiger partial charge is 0.335 e. The molecule has 2 amide bonds. The monoisotopic (exact) mass is 318 g/mol. The Labute approximate surface area is 135 Å². The molecule has 0 unspecified atom stereocenters. The number of carbonyl (C=O) groups is 1. The second kappa shape index (κ2) is 7.89. The predicted molar refractivity (Wildman–Crippen MR) is 92.3 cm³/mol. The van der Waals surface area contributed by atoms with Crippen LogP contribution in [0.5, 0.6) is 0 Å². The van der Waals surface area contributed by atoms with Gasteiger partial charge in [-0.2, -0.15) is 16.9 Å². The third kappa shape index (κ3) is 4.80. The van der Waals surface area contributed by atoms with E-state index < -0.39 is 0 Å². The Morgan fingerprint density at radius 1 is 1.41 bits per heavy atom. The maximum Gasteiger partial charge on any atom is 0.319 e. The Balaban J connectivity index is 1.89. The second-order valence-corrected chi connectivity index (χ2v) is 6.20. The minimum Gasteiger partial charge on any atom is -0.335 e. The van der Waals surface area contributed by atoms with Gasteiger partial charge in [0.1, 0.15) is 0 Å². The number of para-hydroxylation sites is 1. The molecule has 2 rings (SSSR count). The Morgan fingerprint density at radius 2 is 2.18 bits per heavy atom. The number of aromatic nitrogens is 2. The van der Waals surface area contributed by atoms with Gasteiger partial charge in [0, 0.05) is 29.6 Å². The zero-order chi connectivity index (χ0) is 15.9. The number of urea groups is 1. The molecule has 0 aliphatic rings. The zero-order valence-corrected chi connectivity index (χ0v) is 14.0. The number of nitrogens with one attached hydrogen (secondary N) is 3. The number of anilines is 1. The molecule has 0 fully saturated rings. The number of aromatic amines is 1. The molecule has 0 bridgehead atoms. The number of hydrogen-bond donors (Lipinski definition) is 3. The molecule has 1 heterocycles. The minimum atomic E-state index is -0.187. The maximum absolute atomic E-state index is 12.1. The molecule has 22 heavy (non-hydrogen) atoms. The average Bonchev–Trinajstić information content (AvgIpc) is 2.86. The van der Waals surface area contributed by atoms with Crippen LogP contribution in [-0.2, 0) is 12.2 Å². The maximum atomic E-state index is 12.1. The van der Waals surface area contributed by atoms with Gasteiger partial charge in [-0.05, 0) is 37.8 Å². The third-order valence-electron chi connectivity index (χ3n) is 3.22. The van der Waals surface area contributed by atoms with Gasteiger partial charge in [-0.25, -0.2) is 4.79 Å². The van der Waals surface area contributed by atoms with Gasteiger partial charge >= 0.3 is 6.03 Å². The number of amides is 2. The first-order chi connectivity index (χ1) is 10.6. The fourth-order valence-corrected chi connectivity index (χ4v) is 2.81. The summed E-state index contributed by atoms with van der Waals surface area (Å²) in [4.78, 5) is 12.1. The van der Waals surface area contributed by atoms with Crippen molar-refractivity contribution in [3.05, 3.63) is 47.3 Å². The highest BCUT2D eigenvalue weighted by Crippen LogP contribution is 2.19. The molecule has 0 spiro atoms. The van der Waals surface area contributed by atoms with Gasteiger partial charge in [-0.15, -0.1) is 0 Å². The van der Waals surface area contributed by atoms with E-state index in [4.69, 9.17) is 0 Å². The van der Waals surface area contributed by atoms with E-state index in [2.05, 4.69) is 20.8 Å². The molecule has 1 aromatic carbocycles. The molecule has 0 aliphatic carbocycles. The summed E-state index contributed by atoms with van der Waals surface area (Å²) in [5.41, 5.74) is 3.96. The van der Waals surface area contributed by atoms with Crippen molar-refractivity contribution in [3.8, 4) is 0 Å². The Hall–Kier alpha value is -1.95. The third-order valence-corrected chi connectivity index (χ3v) is 3.82. The number of H-pyrrole nitrogens is 1. The molecule has 1 aromatic heterocycles. The van der Waals surface area contributed by atoms with Crippen molar-refractivity contribution in [3.63, 3.8) is 0 Å². The van der Waals surface area contributed by atoms with Crippen LogP contribution in [0.3, 0.4) is 0 Å². The Bertz CT molecular complexity index is 626. The van der Waals surface area contributed by atoms with E-state index >= 15 is 0 Å². The van der Waals surface area contributed by atoms with Crippen LogP contribution in [0.4, 0.5) is 10.5 Å². The number of aryl methyl sites for hydroxylation is 1. The summed E-state index contributed by atoms with van der Waals surface area (Å²) in [7, 11) is 0. The predicted octanol–water partition coefficient (Wildman–Crippen LogP) is 3.33. The smallest absolute Gasteiger partial charge is 0.319 e. The second-order valence-electron chi connectivity index (χ2n) is 5.34. The molecule has 5 nitrogen and oxygen atoms in total. The van der Waals surface area contributed by atoms with Gasteiger partial charge < -0.3 is 10.6 Å². The van der Waals surface area contributed by atoms with Crippen LogP contribution in [0, 0.1) is 6.92 Å². The fraction of sp³-hybridized carbons (Fsp3) is 0.375. The number of carbonyl (C=O) groups excluding carboxylic acids is 1. The van der Waals surface area contributed by atoms with Crippen molar-refractivity contribution in [2.45, 2.75) is 32.1 Å². The number of rotatable bonds is 6. The van der Waals surface area contributed by atoms with Crippen LogP contribution in [0.25, 0.3) is 0 Å². The molecule has 2 aromatic rings. The van der Waals surface area contributed by atoms with E-state index in [1.54, 1.807) is 11.8 Å². The van der Waals surface area contributed by atoms with E-state index in [0.717, 1.165) is 28.4 Å². The Morgan fingerprint density at radius 3 is 2.86 bits per heavy atom. The van der Waals surface area contributed by atoms with Crippen LogP contribution < -0.4 is 10.6 Å². The lowest BCUT2D eigenvalue weighted by atomic mass is 10.2. The summed E-state index contributed by atoms with van der Waals surface area (Å²) in [6.45, 7) is 3.93. The van der Waals surface area contributed by atoms with E-state index in [9.17, 15) is 4.79 Å². The highest BCUT2D eigenvalue weighted by Gasteiger charge is 2.11. The van der Waals surface area contributed by atoms with Crippen LogP contribution >= 0.6 is 11.8 Å². The summed E-state index contributed by atoms with van der Waals surface area (Å²) >= 11 is 1.73. The first-order valence-electron chi connectivity index (χ1n) is 7.23. The highest BCUT2D eigenvalue weighted by molar-refractivity contribution is 7.97. The van der Waals surface area contributed by atoms with Crippen molar-refractivity contribution in [1.29, 1.82) is 0 Å². The molecular formula is C16H22N4OS. The molecule has 6 heteroatoms. The topological polar surface area (TPSA) is 69.8 Å². The molecule has 0 radical (unpaired) electrons. The highest BCUT2D eigenvalue weighted by atomic mass is 32.2. The molecule has 1 atom stereocenters. The zero-order valence-electron chi connectivity index (χ0n) is 13.1. The summed E-state index contributed by atoms with van der Waals surface area (Å²) < 4.78 is 0. The number of benzene rings is 1. The van der Waals surface area contributed by atoms with Gasteiger partial charge in [-0.3, -0.25) is 5.10 Å². The summed E-state index contributed by atoms with van der Waals surface area (Å²) in [5, 5.41) is 13.0. The fourth-order valence-electron chi connectivity index (χ4n) is 2.25. The minimum absolute atomic E-state index is 0.00964. The normalized spacial score (nSPS) is 12.0. The van der Waals surface area contributed by atoms with E-state index in [-0.39, 0.29) is 12.1 Å². The molecule has 0 saturated heterocycles. The lowest BCUT2D eigenvalue weighted by Crippen LogP contribution is -2.37. The molecule has 3 N–H and O–H groups in total. The van der Waals surface area contributed by atoms with Crippen molar-refractivity contribution >= 4 is 23.5 Å². The molecule has 118 valence electrons. The van der Waals surface area contributed by atoms with Gasteiger partial charge in [0.2, 0.25) is 0 Å². The first-order valence-corrected chi connectivity index (χ1v) is 8.63. The van der Waals surface area contributed by atoms with Crippen molar-refractivity contribution in [2.24, 2.45) is 0 Å². The summed E-state index contributed by atoms with van der Waals surface area (Å²) in [6.07, 6.45) is 2.75. The number of thioether (sulfide) groups is 1.